The lowest BCUT2D eigenvalue weighted by Crippen LogP contribution is -2.30. The Morgan fingerprint density at radius 3 is 2.19 bits per heavy atom. The zero-order chi connectivity index (χ0) is 23.1. The monoisotopic (exact) mass is 437 g/mol. The second kappa shape index (κ2) is 10.6. The Hall–Kier alpha value is -3.61. The van der Waals surface area contributed by atoms with Crippen molar-refractivity contribution in [2.75, 3.05) is 34.3 Å². The number of unbranched alkanes of at least 4 members (excludes halogenated alkanes) is 1. The van der Waals surface area contributed by atoms with E-state index in [2.05, 4.69) is 0 Å². The summed E-state index contributed by atoms with van der Waals surface area (Å²) in [6.45, 7) is 1.10. The summed E-state index contributed by atoms with van der Waals surface area (Å²) >= 11 is 0. The van der Waals surface area contributed by atoms with Gasteiger partial charge in [-0.3, -0.25) is 9.59 Å². The largest absolute Gasteiger partial charge is 0.494 e. The van der Waals surface area contributed by atoms with Crippen molar-refractivity contribution in [3.63, 3.8) is 0 Å². The Labute approximate surface area is 187 Å². The summed E-state index contributed by atoms with van der Waals surface area (Å²) in [6, 6.07) is 15.5. The number of halogens is 1. The molecule has 7 heteroatoms. The molecule has 32 heavy (non-hydrogen) atoms. The Kier molecular flexibility index (Phi) is 7.65. The fraction of sp³-hybridized carbons (Fsp3) is 0.280. The molecule has 0 saturated carbocycles. The van der Waals surface area contributed by atoms with Crippen molar-refractivity contribution in [2.24, 2.45) is 0 Å². The smallest absolute Gasteiger partial charge is 0.255 e. The van der Waals surface area contributed by atoms with E-state index in [0.717, 1.165) is 18.5 Å². The number of amides is 2. The zero-order valence-electron chi connectivity index (χ0n) is 18.6. The number of methoxy groups -OCH3 is 1. The van der Waals surface area contributed by atoms with Crippen LogP contribution in [0.4, 0.5) is 4.39 Å². The number of aromatic nitrogens is 1. The minimum atomic E-state index is -0.502. The third-order valence-corrected chi connectivity index (χ3v) is 5.35. The average Bonchev–Trinajstić information content (AvgIpc) is 3.35. The molecule has 0 radical (unpaired) electrons. The molecule has 0 fully saturated rings. The number of rotatable bonds is 9. The van der Waals surface area contributed by atoms with Crippen LogP contribution in [-0.2, 0) is 0 Å². The van der Waals surface area contributed by atoms with Crippen LogP contribution in [0, 0.1) is 5.82 Å². The van der Waals surface area contributed by atoms with Gasteiger partial charge in [0, 0.05) is 45.1 Å². The number of hydrogen-bond acceptors (Lipinski definition) is 3. The maximum Gasteiger partial charge on any atom is 0.255 e. The standard InChI is InChI=1S/C25H28FN3O3/c1-27(24(30)19-12-13-21(26)23(18-19)32-3)14-6-7-15-28(2)25(31)20-10-4-5-11-22(20)29-16-8-9-17-29/h4-5,8-13,16-18H,6-7,14-15H2,1-3H3. The molecule has 6 nitrogen and oxygen atoms in total. The second-order valence-corrected chi connectivity index (χ2v) is 7.62. The summed E-state index contributed by atoms with van der Waals surface area (Å²) in [5.74, 6) is -0.701. The molecule has 0 aliphatic carbocycles. The van der Waals surface area contributed by atoms with Crippen LogP contribution in [0.3, 0.4) is 0 Å². The van der Waals surface area contributed by atoms with Gasteiger partial charge in [-0.05, 0) is 55.3 Å². The molecular weight excluding hydrogens is 409 g/mol. The summed E-state index contributed by atoms with van der Waals surface area (Å²) in [4.78, 5) is 28.8. The molecule has 1 heterocycles. The highest BCUT2D eigenvalue weighted by Gasteiger charge is 2.17. The van der Waals surface area contributed by atoms with Gasteiger partial charge in [0.2, 0.25) is 0 Å². The molecule has 0 saturated heterocycles. The summed E-state index contributed by atoms with van der Waals surface area (Å²) in [5.41, 5.74) is 1.86. The Morgan fingerprint density at radius 1 is 0.906 bits per heavy atom. The lowest BCUT2D eigenvalue weighted by atomic mass is 10.1. The van der Waals surface area contributed by atoms with E-state index in [0.29, 0.717) is 24.2 Å². The summed E-state index contributed by atoms with van der Waals surface area (Å²) < 4.78 is 20.4. The van der Waals surface area contributed by atoms with E-state index in [9.17, 15) is 14.0 Å². The van der Waals surface area contributed by atoms with Crippen LogP contribution in [0.15, 0.2) is 67.0 Å². The number of ether oxygens (including phenoxy) is 1. The summed E-state index contributed by atoms with van der Waals surface area (Å²) in [5, 5.41) is 0. The van der Waals surface area contributed by atoms with Crippen LogP contribution < -0.4 is 4.74 Å². The SMILES string of the molecule is COc1cc(C(=O)N(C)CCCCN(C)C(=O)c2ccccc2-n2cccc2)ccc1F. The molecule has 2 amide bonds. The number of para-hydroxylation sites is 1. The molecule has 0 aliphatic rings. The van der Waals surface area contributed by atoms with Crippen molar-refractivity contribution < 1.29 is 18.7 Å². The molecule has 0 bridgehead atoms. The first-order valence-electron chi connectivity index (χ1n) is 10.5. The van der Waals surface area contributed by atoms with Crippen molar-refractivity contribution >= 4 is 11.8 Å². The molecule has 0 atom stereocenters. The maximum atomic E-state index is 13.6. The average molecular weight is 438 g/mol. The van der Waals surface area contributed by atoms with Gasteiger partial charge < -0.3 is 19.1 Å². The van der Waals surface area contributed by atoms with Gasteiger partial charge in [0.1, 0.15) is 0 Å². The molecule has 3 rings (SSSR count). The number of carbonyl (C=O) groups excluding carboxylic acids is 2. The van der Waals surface area contributed by atoms with Crippen molar-refractivity contribution in [1.29, 1.82) is 0 Å². The summed E-state index contributed by atoms with van der Waals surface area (Å²) in [7, 11) is 4.86. The van der Waals surface area contributed by atoms with Gasteiger partial charge in [0.05, 0.1) is 18.4 Å². The van der Waals surface area contributed by atoms with E-state index in [4.69, 9.17) is 4.74 Å². The van der Waals surface area contributed by atoms with Crippen LogP contribution >= 0.6 is 0 Å². The van der Waals surface area contributed by atoms with Crippen molar-refractivity contribution in [3.8, 4) is 11.4 Å². The highest BCUT2D eigenvalue weighted by atomic mass is 19.1. The fourth-order valence-electron chi connectivity index (χ4n) is 3.49. The molecule has 0 aliphatic heterocycles. The summed E-state index contributed by atoms with van der Waals surface area (Å²) in [6.07, 6.45) is 5.31. The van der Waals surface area contributed by atoms with Gasteiger partial charge in [-0.2, -0.15) is 0 Å². The quantitative estimate of drug-likeness (QED) is 0.471. The van der Waals surface area contributed by atoms with Gasteiger partial charge >= 0.3 is 0 Å². The van der Waals surface area contributed by atoms with Crippen LogP contribution in [0.2, 0.25) is 0 Å². The van der Waals surface area contributed by atoms with Gasteiger partial charge in [-0.15, -0.1) is 0 Å². The van der Waals surface area contributed by atoms with Crippen LogP contribution in [0.5, 0.6) is 5.75 Å². The minimum Gasteiger partial charge on any atom is -0.494 e. The normalized spacial score (nSPS) is 10.6. The maximum absolute atomic E-state index is 13.6. The van der Waals surface area contributed by atoms with Crippen LogP contribution in [0.25, 0.3) is 5.69 Å². The predicted octanol–water partition coefficient (Wildman–Crippen LogP) is 4.25. The Balaban J connectivity index is 1.52. The Morgan fingerprint density at radius 2 is 1.53 bits per heavy atom. The minimum absolute atomic E-state index is 0.0443. The van der Waals surface area contributed by atoms with Crippen molar-refractivity contribution in [1.82, 2.24) is 14.4 Å². The lowest BCUT2D eigenvalue weighted by molar-refractivity contribution is 0.0766. The van der Waals surface area contributed by atoms with Crippen molar-refractivity contribution in [2.45, 2.75) is 12.8 Å². The number of benzene rings is 2. The van der Waals surface area contributed by atoms with E-state index in [-0.39, 0.29) is 17.6 Å². The van der Waals surface area contributed by atoms with E-state index in [1.54, 1.807) is 23.9 Å². The second-order valence-electron chi connectivity index (χ2n) is 7.62. The molecular formula is C25H28FN3O3. The first-order valence-corrected chi connectivity index (χ1v) is 10.5. The number of carbonyl (C=O) groups is 2. The highest BCUT2D eigenvalue weighted by molar-refractivity contribution is 5.97. The number of nitrogens with zero attached hydrogens (tertiary/aromatic N) is 3. The van der Waals surface area contributed by atoms with Gasteiger partial charge in [0.25, 0.3) is 11.8 Å². The van der Waals surface area contributed by atoms with E-state index < -0.39 is 5.82 Å². The first kappa shape index (κ1) is 23.1. The van der Waals surface area contributed by atoms with Crippen LogP contribution in [-0.4, -0.2) is 60.5 Å². The predicted molar refractivity (Wildman–Crippen MR) is 122 cm³/mol. The topological polar surface area (TPSA) is 54.8 Å². The van der Waals surface area contributed by atoms with Gasteiger partial charge in [-0.25, -0.2) is 4.39 Å². The molecule has 0 spiro atoms. The molecule has 0 N–H and O–H groups in total. The van der Waals surface area contributed by atoms with Crippen LogP contribution in [0.1, 0.15) is 33.6 Å². The third-order valence-electron chi connectivity index (χ3n) is 5.35. The fourth-order valence-corrected chi connectivity index (χ4v) is 3.49. The lowest BCUT2D eigenvalue weighted by Gasteiger charge is -2.21. The molecule has 168 valence electrons. The molecule has 0 unspecified atom stereocenters. The highest BCUT2D eigenvalue weighted by Crippen LogP contribution is 2.19. The molecule has 3 aromatic rings. The third kappa shape index (κ3) is 5.35. The van der Waals surface area contributed by atoms with E-state index in [1.165, 1.54) is 25.3 Å². The van der Waals surface area contributed by atoms with Gasteiger partial charge in [0.15, 0.2) is 11.6 Å². The van der Waals surface area contributed by atoms with E-state index >= 15 is 0 Å². The first-order chi connectivity index (χ1) is 15.4. The number of hydrogen-bond donors (Lipinski definition) is 0. The molecule has 2 aromatic carbocycles. The van der Waals surface area contributed by atoms with E-state index in [1.807, 2.05) is 53.4 Å². The molecule has 1 aromatic heterocycles. The van der Waals surface area contributed by atoms with Crippen molar-refractivity contribution in [3.05, 3.63) is 83.9 Å². The zero-order valence-corrected chi connectivity index (χ0v) is 18.6. The van der Waals surface area contributed by atoms with Gasteiger partial charge in [-0.1, -0.05) is 12.1 Å². The Bertz CT molecular complexity index is 1070.